The number of fused-ring (bicyclic) bond motifs is 1. The van der Waals surface area contributed by atoms with Gasteiger partial charge in [0.2, 0.25) is 17.7 Å². The number of aliphatic hydroxyl groups excluding tert-OH is 1. The zero-order chi connectivity index (χ0) is 43.9. The fourth-order valence-electron chi connectivity index (χ4n) is 8.94. The van der Waals surface area contributed by atoms with E-state index in [1.165, 1.54) is 9.78 Å². The number of aromatic nitrogens is 4. The lowest BCUT2D eigenvalue weighted by molar-refractivity contribution is -0.141. The molecule has 17 heteroatoms. The number of para-hydroxylation sites is 1. The van der Waals surface area contributed by atoms with Crippen molar-refractivity contribution in [2.75, 3.05) is 57.3 Å². The molecule has 0 radical (unpaired) electrons. The van der Waals surface area contributed by atoms with Crippen LogP contribution >= 0.6 is 22.7 Å². The van der Waals surface area contributed by atoms with Gasteiger partial charge in [0.25, 0.3) is 0 Å². The molecule has 2 aromatic carbocycles. The lowest BCUT2D eigenvalue weighted by Crippen LogP contribution is -2.54. The predicted molar refractivity (Wildman–Crippen MR) is 242 cm³/mol. The Bertz CT molecular complexity index is 2610. The summed E-state index contributed by atoms with van der Waals surface area (Å²) in [5.41, 5.74) is 6.08. The first kappa shape index (κ1) is 42.5. The molecule has 3 N–H and O–H groups in total. The van der Waals surface area contributed by atoms with Gasteiger partial charge in [-0.1, -0.05) is 55.4 Å². The van der Waals surface area contributed by atoms with Crippen LogP contribution in [0.1, 0.15) is 67.0 Å². The molecule has 7 heterocycles. The summed E-state index contributed by atoms with van der Waals surface area (Å²) in [4.78, 5) is 56.6. The average Bonchev–Trinajstić information content (AvgIpc) is 4.09. The first-order valence-electron chi connectivity index (χ1n) is 21.5. The third-order valence-electron chi connectivity index (χ3n) is 12.6. The number of likely N-dealkylation sites (tertiary alicyclic amines) is 2. The van der Waals surface area contributed by atoms with E-state index in [2.05, 4.69) is 41.5 Å². The molecule has 3 fully saturated rings. The van der Waals surface area contributed by atoms with Crippen molar-refractivity contribution in [1.29, 1.82) is 0 Å². The fourth-order valence-corrected chi connectivity index (χ4v) is 10.8. The summed E-state index contributed by atoms with van der Waals surface area (Å²) in [6.07, 6.45) is -0.683. The number of phenolic OH excluding ortho intramolecular Hbond substituents is 1. The average molecular weight is 890 g/mol. The maximum absolute atomic E-state index is 14.3. The van der Waals surface area contributed by atoms with Crippen LogP contribution in [0.15, 0.2) is 76.8 Å². The number of rotatable bonds is 12. The number of carbonyl (C=O) groups is 3. The number of β-amino-alcohol motifs (C(OH)–C–C–N with tert-alkyl or cyclic N) is 1. The van der Waals surface area contributed by atoms with Crippen molar-refractivity contribution in [2.45, 2.75) is 64.1 Å². The van der Waals surface area contributed by atoms with Crippen LogP contribution in [0.4, 0.5) is 5.82 Å². The first-order chi connectivity index (χ1) is 30.4. The molecule has 2 unspecified atom stereocenters. The molecule has 3 aliphatic heterocycles. The molecule has 4 atom stereocenters. The Hall–Kier alpha value is -5.75. The van der Waals surface area contributed by atoms with Crippen LogP contribution in [0.5, 0.6) is 5.75 Å². The zero-order valence-corrected chi connectivity index (χ0v) is 37.3. The van der Waals surface area contributed by atoms with E-state index in [4.69, 9.17) is 4.52 Å². The van der Waals surface area contributed by atoms with Crippen molar-refractivity contribution in [3.8, 4) is 27.4 Å². The number of benzene rings is 2. The number of aryl methyl sites for hydroxylation is 1. The number of piperazine rings is 1. The second-order valence-electron chi connectivity index (χ2n) is 17.2. The zero-order valence-electron chi connectivity index (χ0n) is 35.7. The number of nitrogens with one attached hydrogen (secondary N) is 1. The lowest BCUT2D eigenvalue weighted by Gasteiger charge is -2.40. The second kappa shape index (κ2) is 17.8. The van der Waals surface area contributed by atoms with Crippen molar-refractivity contribution >= 4 is 56.4 Å². The minimum atomic E-state index is -0.832. The third-order valence-corrected chi connectivity index (χ3v) is 14.7. The van der Waals surface area contributed by atoms with Gasteiger partial charge in [0.1, 0.15) is 22.5 Å². The second-order valence-corrected chi connectivity index (χ2v) is 19.2. The monoisotopic (exact) mass is 889 g/mol. The summed E-state index contributed by atoms with van der Waals surface area (Å²) in [5.74, 6) is 0.0984. The highest BCUT2D eigenvalue weighted by molar-refractivity contribution is 7.18. The van der Waals surface area contributed by atoms with E-state index in [1.807, 2.05) is 80.6 Å². The summed E-state index contributed by atoms with van der Waals surface area (Å²) in [5, 5.41) is 38.2. The van der Waals surface area contributed by atoms with Crippen LogP contribution in [0, 0.1) is 12.8 Å². The minimum absolute atomic E-state index is 0.0511. The largest absolute Gasteiger partial charge is 0.507 e. The van der Waals surface area contributed by atoms with Crippen LogP contribution in [0.25, 0.3) is 31.9 Å². The molecule has 15 nitrogen and oxygen atoms in total. The molecule has 0 bridgehead atoms. The molecule has 9 rings (SSSR count). The van der Waals surface area contributed by atoms with Crippen LogP contribution < -0.4 is 10.2 Å². The van der Waals surface area contributed by atoms with Crippen LogP contribution in [0.2, 0.25) is 0 Å². The maximum atomic E-state index is 14.3. The summed E-state index contributed by atoms with van der Waals surface area (Å²) in [6.45, 7) is 12.0. The van der Waals surface area contributed by atoms with Crippen molar-refractivity contribution in [2.24, 2.45) is 5.92 Å². The van der Waals surface area contributed by atoms with Crippen LogP contribution in [-0.4, -0.2) is 127 Å². The molecule has 6 aromatic rings. The molecule has 0 aliphatic carbocycles. The van der Waals surface area contributed by atoms with Gasteiger partial charge in [0, 0.05) is 80.0 Å². The number of carbonyl (C=O) groups excluding carboxylic acids is 3. The summed E-state index contributed by atoms with van der Waals surface area (Å²) in [6, 6.07) is 19.9. The normalized spacial score (nSPS) is 19.4. The molecule has 3 aliphatic rings. The number of thiazole rings is 1. The van der Waals surface area contributed by atoms with Gasteiger partial charge in [-0.25, -0.2) is 4.98 Å². The Morgan fingerprint density at radius 3 is 2.43 bits per heavy atom. The Balaban J connectivity index is 0.765. The Kier molecular flexibility index (Phi) is 12.0. The van der Waals surface area contributed by atoms with E-state index in [1.54, 1.807) is 40.9 Å². The Labute approximate surface area is 373 Å². The number of nitrogens with zero attached hydrogens (tertiary/aromatic N) is 8. The predicted octanol–water partition coefficient (Wildman–Crippen LogP) is 5.81. The standard InChI is InChI=1S/C46H51N9O6S2/c1-26(2)42(46(60)55-23-33(56)19-36(55)44(59)48-27(3)29-9-11-30(12-10-29)43-28(4)47-25-62-43)38-20-40(51-61-38)53-13-15-54(16-14-53)41(58)24-52-21-32(22-52)39-18-31-17-35(49-50-45(31)63-39)34-7-5-6-8-37(34)57/h5-12,17-18,20,25-27,32-33,36,42,56-57H,13-16,19,21-24H2,1-4H3,(H,48,59)/t27?,33-,36+,42?/m1/s1. The third kappa shape index (κ3) is 8.79. The number of anilines is 1. The van der Waals surface area contributed by atoms with E-state index >= 15 is 0 Å². The Morgan fingerprint density at radius 1 is 0.952 bits per heavy atom. The molecule has 3 saturated heterocycles. The number of amides is 3. The minimum Gasteiger partial charge on any atom is -0.507 e. The summed E-state index contributed by atoms with van der Waals surface area (Å²) < 4.78 is 5.85. The van der Waals surface area contributed by atoms with E-state index in [9.17, 15) is 24.6 Å². The molecule has 4 aromatic heterocycles. The van der Waals surface area contributed by atoms with Gasteiger partial charge in [-0.2, -0.15) is 0 Å². The molecule has 328 valence electrons. The highest BCUT2D eigenvalue weighted by atomic mass is 32.1. The first-order valence-corrected chi connectivity index (χ1v) is 23.2. The van der Waals surface area contributed by atoms with Gasteiger partial charge in [-0.05, 0) is 55.2 Å². The van der Waals surface area contributed by atoms with Gasteiger partial charge in [-0.3, -0.25) is 19.3 Å². The van der Waals surface area contributed by atoms with Gasteiger partial charge in [-0.15, -0.1) is 32.9 Å². The summed E-state index contributed by atoms with van der Waals surface area (Å²) >= 11 is 3.21. The van der Waals surface area contributed by atoms with Crippen LogP contribution in [0.3, 0.4) is 0 Å². The molecule has 0 spiro atoms. The Morgan fingerprint density at radius 2 is 1.71 bits per heavy atom. The van der Waals surface area contributed by atoms with Crippen molar-refractivity contribution in [3.05, 3.63) is 94.1 Å². The summed E-state index contributed by atoms with van der Waals surface area (Å²) in [7, 11) is 0. The number of hydrogen-bond donors (Lipinski definition) is 3. The van der Waals surface area contributed by atoms with E-state index < -0.39 is 18.1 Å². The number of aliphatic hydroxyl groups is 1. The van der Waals surface area contributed by atoms with Crippen LogP contribution in [-0.2, 0) is 14.4 Å². The highest BCUT2D eigenvalue weighted by Gasteiger charge is 2.44. The fraction of sp³-hybridized carbons (Fsp3) is 0.413. The quantitative estimate of drug-likeness (QED) is 0.134. The SMILES string of the molecule is Cc1ncsc1-c1ccc(C(C)NC(=O)[C@@H]2C[C@@H](O)CN2C(=O)C(c2cc(N3CCN(C(=O)CN4CC(c5cc6cc(-c7ccccc7O)nnc6s5)C4)CC3)no2)C(C)C)cc1. The van der Waals surface area contributed by atoms with E-state index in [0.29, 0.717) is 61.5 Å². The number of aromatic hydroxyl groups is 1. The molecular weight excluding hydrogens is 839 g/mol. The molecule has 63 heavy (non-hydrogen) atoms. The molecule has 3 amide bonds. The maximum Gasteiger partial charge on any atom is 0.243 e. The number of phenols is 1. The smallest absolute Gasteiger partial charge is 0.243 e. The van der Waals surface area contributed by atoms with Gasteiger partial charge >= 0.3 is 0 Å². The highest BCUT2D eigenvalue weighted by Crippen LogP contribution is 2.38. The topological polar surface area (TPSA) is 181 Å². The molecule has 0 saturated carbocycles. The van der Waals surface area contributed by atoms with Crippen molar-refractivity contribution in [1.82, 2.24) is 40.4 Å². The van der Waals surface area contributed by atoms with Crippen molar-refractivity contribution < 1.29 is 29.1 Å². The van der Waals surface area contributed by atoms with Gasteiger partial charge in [0.15, 0.2) is 11.6 Å². The van der Waals surface area contributed by atoms with Gasteiger partial charge in [0.05, 0.1) is 40.5 Å². The van der Waals surface area contributed by atoms with Gasteiger partial charge < -0.3 is 34.8 Å². The number of hydrogen-bond acceptors (Lipinski definition) is 14. The number of thiophene rings is 1. The van der Waals surface area contributed by atoms with Crippen molar-refractivity contribution in [3.63, 3.8) is 0 Å². The van der Waals surface area contributed by atoms with E-state index in [-0.39, 0.29) is 48.4 Å². The lowest BCUT2D eigenvalue weighted by atomic mass is 9.91. The molecular formula is C46H51N9O6S2. The van der Waals surface area contributed by atoms with E-state index in [0.717, 1.165) is 45.0 Å².